The summed E-state index contributed by atoms with van der Waals surface area (Å²) in [6.45, 7) is 1.79. The number of nitrogens with zero attached hydrogens (tertiary/aromatic N) is 1. The van der Waals surface area contributed by atoms with Crippen molar-refractivity contribution in [1.29, 1.82) is 0 Å². The van der Waals surface area contributed by atoms with Gasteiger partial charge in [0.1, 0.15) is 0 Å². The standard InChI is InChI=1S/C12H20N2O3S/c1-12(5-3-4-6-12)13-18(16,17)11-7-10(9-15)14(2)8-11/h7-8,13,15H,3-6,9H2,1-2H3. The maximum absolute atomic E-state index is 12.3. The highest BCUT2D eigenvalue weighted by molar-refractivity contribution is 7.89. The molecule has 5 nitrogen and oxygen atoms in total. The van der Waals surface area contributed by atoms with Crippen LogP contribution in [0.3, 0.4) is 0 Å². The van der Waals surface area contributed by atoms with Gasteiger partial charge in [0.05, 0.1) is 11.5 Å². The fourth-order valence-electron chi connectivity index (χ4n) is 2.52. The van der Waals surface area contributed by atoms with E-state index in [-0.39, 0.29) is 17.0 Å². The Labute approximate surface area is 108 Å². The van der Waals surface area contributed by atoms with Crippen molar-refractivity contribution in [3.63, 3.8) is 0 Å². The van der Waals surface area contributed by atoms with Gasteiger partial charge < -0.3 is 9.67 Å². The number of hydrogen-bond acceptors (Lipinski definition) is 3. The summed E-state index contributed by atoms with van der Waals surface area (Å²) in [5.74, 6) is 0. The third kappa shape index (κ3) is 2.60. The van der Waals surface area contributed by atoms with Crippen molar-refractivity contribution in [2.45, 2.75) is 49.6 Å². The molecule has 0 aromatic carbocycles. The number of rotatable bonds is 4. The molecule has 2 N–H and O–H groups in total. The van der Waals surface area contributed by atoms with Crippen LogP contribution in [0.1, 0.15) is 38.3 Å². The van der Waals surface area contributed by atoms with Crippen molar-refractivity contribution in [1.82, 2.24) is 9.29 Å². The van der Waals surface area contributed by atoms with Crippen molar-refractivity contribution in [3.8, 4) is 0 Å². The molecule has 1 fully saturated rings. The van der Waals surface area contributed by atoms with Crippen molar-refractivity contribution >= 4 is 10.0 Å². The van der Waals surface area contributed by atoms with Crippen LogP contribution in [0, 0.1) is 0 Å². The quantitative estimate of drug-likeness (QED) is 0.863. The molecular formula is C12H20N2O3S. The monoisotopic (exact) mass is 272 g/mol. The fourth-order valence-corrected chi connectivity index (χ4v) is 4.08. The van der Waals surface area contributed by atoms with Gasteiger partial charge in [-0.3, -0.25) is 0 Å². The average molecular weight is 272 g/mol. The minimum absolute atomic E-state index is 0.163. The van der Waals surface area contributed by atoms with Crippen LogP contribution >= 0.6 is 0 Å². The van der Waals surface area contributed by atoms with Gasteiger partial charge in [-0.2, -0.15) is 0 Å². The van der Waals surface area contributed by atoms with Crippen LogP contribution in [0.25, 0.3) is 0 Å². The van der Waals surface area contributed by atoms with Gasteiger partial charge in [0.25, 0.3) is 0 Å². The van der Waals surface area contributed by atoms with Crippen molar-refractivity contribution in [3.05, 3.63) is 18.0 Å². The maximum atomic E-state index is 12.3. The predicted molar refractivity (Wildman–Crippen MR) is 68.5 cm³/mol. The van der Waals surface area contributed by atoms with Crippen molar-refractivity contribution < 1.29 is 13.5 Å². The van der Waals surface area contributed by atoms with E-state index in [4.69, 9.17) is 5.11 Å². The highest BCUT2D eigenvalue weighted by atomic mass is 32.2. The SMILES string of the molecule is Cn1cc(S(=O)(=O)NC2(C)CCCC2)cc1CO. The topological polar surface area (TPSA) is 71.3 Å². The smallest absolute Gasteiger partial charge is 0.242 e. The number of hydrogen-bond donors (Lipinski definition) is 2. The molecule has 18 heavy (non-hydrogen) atoms. The van der Waals surface area contributed by atoms with Crippen molar-refractivity contribution in [2.24, 2.45) is 7.05 Å². The Morgan fingerprint density at radius 3 is 2.56 bits per heavy atom. The van der Waals surface area contributed by atoms with Crippen LogP contribution in [0.5, 0.6) is 0 Å². The molecule has 0 aliphatic heterocycles. The summed E-state index contributed by atoms with van der Waals surface area (Å²) in [5.41, 5.74) is 0.264. The zero-order valence-corrected chi connectivity index (χ0v) is 11.6. The summed E-state index contributed by atoms with van der Waals surface area (Å²) in [4.78, 5) is 0.224. The minimum Gasteiger partial charge on any atom is -0.390 e. The lowest BCUT2D eigenvalue weighted by Crippen LogP contribution is -2.43. The van der Waals surface area contributed by atoms with Gasteiger partial charge in [-0.05, 0) is 25.8 Å². The summed E-state index contributed by atoms with van der Waals surface area (Å²) >= 11 is 0. The zero-order chi connectivity index (χ0) is 13.4. The molecule has 2 rings (SSSR count). The molecule has 1 saturated carbocycles. The van der Waals surface area contributed by atoms with Gasteiger partial charge in [-0.1, -0.05) is 12.8 Å². The molecule has 0 bridgehead atoms. The number of aliphatic hydroxyl groups is 1. The molecule has 1 aromatic rings. The Bertz CT molecular complexity index is 528. The largest absolute Gasteiger partial charge is 0.390 e. The molecule has 102 valence electrons. The average Bonchev–Trinajstić information content (AvgIpc) is 2.84. The lowest BCUT2D eigenvalue weighted by molar-refractivity contribution is 0.272. The van der Waals surface area contributed by atoms with Gasteiger partial charge >= 0.3 is 0 Å². The summed E-state index contributed by atoms with van der Waals surface area (Å²) in [6, 6.07) is 1.51. The highest BCUT2D eigenvalue weighted by Crippen LogP contribution is 2.30. The van der Waals surface area contributed by atoms with Crippen molar-refractivity contribution in [2.75, 3.05) is 0 Å². The summed E-state index contributed by atoms with van der Waals surface area (Å²) < 4.78 is 29.0. The Hall–Kier alpha value is -0.850. The first kappa shape index (κ1) is 13.6. The van der Waals surface area contributed by atoms with Crippen LogP contribution in [0.15, 0.2) is 17.2 Å². The van der Waals surface area contributed by atoms with E-state index in [1.54, 1.807) is 11.6 Å². The predicted octanol–water partition coefficient (Wildman–Crippen LogP) is 1.13. The third-order valence-corrected chi connectivity index (χ3v) is 5.25. The molecular weight excluding hydrogens is 252 g/mol. The van der Waals surface area contributed by atoms with Gasteiger partial charge in [-0.25, -0.2) is 13.1 Å². The van der Waals surface area contributed by atoms with Crippen LogP contribution < -0.4 is 4.72 Å². The highest BCUT2D eigenvalue weighted by Gasteiger charge is 2.33. The molecule has 0 radical (unpaired) electrons. The van der Waals surface area contributed by atoms with Gasteiger partial charge in [0.2, 0.25) is 10.0 Å². The van der Waals surface area contributed by atoms with E-state index in [0.29, 0.717) is 5.69 Å². The molecule has 1 aliphatic carbocycles. The van der Waals surface area contributed by atoms with Gasteiger partial charge in [0.15, 0.2) is 0 Å². The lowest BCUT2D eigenvalue weighted by Gasteiger charge is -2.24. The molecule has 1 aliphatic rings. The van der Waals surface area contributed by atoms with E-state index in [9.17, 15) is 8.42 Å². The van der Waals surface area contributed by atoms with E-state index in [0.717, 1.165) is 25.7 Å². The molecule has 1 heterocycles. The Kier molecular flexibility index (Phi) is 3.53. The molecule has 0 unspecified atom stereocenters. The van der Waals surface area contributed by atoms with E-state index in [2.05, 4.69) is 4.72 Å². The van der Waals surface area contributed by atoms with Gasteiger partial charge in [-0.15, -0.1) is 0 Å². The van der Waals surface area contributed by atoms with Crippen LogP contribution in [0.2, 0.25) is 0 Å². The summed E-state index contributed by atoms with van der Waals surface area (Å²) in [7, 11) is -1.77. The van der Waals surface area contributed by atoms with E-state index < -0.39 is 10.0 Å². The third-order valence-electron chi connectivity index (χ3n) is 3.64. The Balaban J connectivity index is 2.24. The molecule has 0 spiro atoms. The first-order chi connectivity index (χ1) is 8.36. The second-order valence-electron chi connectivity index (χ2n) is 5.31. The second kappa shape index (κ2) is 4.68. The van der Waals surface area contributed by atoms with Crippen LogP contribution in [-0.4, -0.2) is 23.6 Å². The Morgan fingerprint density at radius 2 is 2.06 bits per heavy atom. The molecule has 0 saturated heterocycles. The first-order valence-electron chi connectivity index (χ1n) is 6.16. The minimum atomic E-state index is -3.50. The molecule has 1 aromatic heterocycles. The second-order valence-corrected chi connectivity index (χ2v) is 6.99. The number of nitrogens with one attached hydrogen (secondary N) is 1. The first-order valence-corrected chi connectivity index (χ1v) is 7.65. The Morgan fingerprint density at radius 1 is 1.44 bits per heavy atom. The van der Waals surface area contributed by atoms with E-state index >= 15 is 0 Å². The lowest BCUT2D eigenvalue weighted by atomic mass is 10.0. The van der Waals surface area contributed by atoms with Crippen LogP contribution in [0.4, 0.5) is 0 Å². The van der Waals surface area contributed by atoms with Crippen LogP contribution in [-0.2, 0) is 23.7 Å². The fraction of sp³-hybridized carbons (Fsp3) is 0.667. The van der Waals surface area contributed by atoms with Gasteiger partial charge in [0, 0.05) is 24.5 Å². The number of aliphatic hydroxyl groups excluding tert-OH is 1. The maximum Gasteiger partial charge on any atom is 0.242 e. The molecule has 0 amide bonds. The summed E-state index contributed by atoms with van der Waals surface area (Å²) in [6.07, 6.45) is 5.43. The number of aromatic nitrogens is 1. The summed E-state index contributed by atoms with van der Waals surface area (Å²) in [5, 5.41) is 9.10. The zero-order valence-electron chi connectivity index (χ0n) is 10.8. The molecule has 6 heteroatoms. The number of aryl methyl sites for hydroxylation is 1. The number of sulfonamides is 1. The molecule has 0 atom stereocenters. The normalized spacial score (nSPS) is 19.3. The van der Waals surface area contributed by atoms with E-state index in [1.165, 1.54) is 12.3 Å². The van der Waals surface area contributed by atoms with E-state index in [1.807, 2.05) is 6.92 Å².